The monoisotopic (exact) mass is 437 g/mol. The third-order valence-electron chi connectivity index (χ3n) is 4.91. The molecule has 0 fully saturated rings. The first-order valence-corrected chi connectivity index (χ1v) is 10.8. The Morgan fingerprint density at radius 3 is 2.68 bits per heavy atom. The van der Waals surface area contributed by atoms with Crippen molar-refractivity contribution in [3.63, 3.8) is 0 Å². The van der Waals surface area contributed by atoms with Gasteiger partial charge in [0.2, 0.25) is 18.6 Å². The predicted octanol–water partition coefficient (Wildman–Crippen LogP) is 3.98. The molecule has 3 aromatic rings. The minimum absolute atomic E-state index is 0.125. The summed E-state index contributed by atoms with van der Waals surface area (Å²) in [6.45, 7) is 3.62. The van der Waals surface area contributed by atoms with Gasteiger partial charge in [-0.1, -0.05) is 36.4 Å². The van der Waals surface area contributed by atoms with E-state index in [0.717, 1.165) is 33.2 Å². The first-order chi connectivity index (χ1) is 15.0. The lowest BCUT2D eigenvalue weighted by atomic mass is 10.0. The van der Waals surface area contributed by atoms with Crippen LogP contribution in [0, 0.1) is 6.92 Å². The third kappa shape index (κ3) is 5.21. The second kappa shape index (κ2) is 9.18. The van der Waals surface area contributed by atoms with E-state index >= 15 is 0 Å². The number of hydrogen-bond acceptors (Lipinski definition) is 6. The van der Waals surface area contributed by atoms with Crippen LogP contribution in [0.1, 0.15) is 41.1 Å². The van der Waals surface area contributed by atoms with E-state index in [0.29, 0.717) is 11.6 Å². The SMILES string of the molecule is CC(=O)NC(CC(=O)Nc1nc(C)c(Cc2ccc3c(c2)OCO3)s1)c1ccccc1. The Hall–Kier alpha value is -3.39. The van der Waals surface area contributed by atoms with Crippen LogP contribution in [-0.4, -0.2) is 23.6 Å². The molecule has 7 nitrogen and oxygen atoms in total. The summed E-state index contributed by atoms with van der Waals surface area (Å²) in [5, 5.41) is 6.27. The van der Waals surface area contributed by atoms with Crippen molar-refractivity contribution in [3.05, 3.63) is 70.2 Å². The maximum atomic E-state index is 12.7. The van der Waals surface area contributed by atoms with Crippen molar-refractivity contribution in [2.75, 3.05) is 12.1 Å². The van der Waals surface area contributed by atoms with E-state index in [1.165, 1.54) is 18.3 Å². The number of carbonyl (C=O) groups is 2. The molecule has 0 saturated carbocycles. The molecule has 2 amide bonds. The van der Waals surface area contributed by atoms with Gasteiger partial charge < -0.3 is 20.1 Å². The lowest BCUT2D eigenvalue weighted by Gasteiger charge is -2.17. The van der Waals surface area contributed by atoms with Crippen molar-refractivity contribution < 1.29 is 19.1 Å². The fourth-order valence-electron chi connectivity index (χ4n) is 3.42. The summed E-state index contributed by atoms with van der Waals surface area (Å²) in [5.41, 5.74) is 2.84. The van der Waals surface area contributed by atoms with E-state index in [1.54, 1.807) is 0 Å². The Morgan fingerprint density at radius 1 is 1.13 bits per heavy atom. The second-order valence-electron chi connectivity index (χ2n) is 7.31. The van der Waals surface area contributed by atoms with Gasteiger partial charge in [0, 0.05) is 18.2 Å². The molecule has 0 aliphatic carbocycles. The standard InChI is InChI=1S/C23H23N3O4S/c1-14-21(11-16-8-9-19-20(10-16)30-13-29-19)31-23(24-14)26-22(28)12-18(25-15(2)27)17-6-4-3-5-7-17/h3-10,18H,11-13H2,1-2H3,(H,25,27)(H,24,26,28). The number of benzene rings is 2. The number of hydrogen-bond donors (Lipinski definition) is 2. The van der Waals surface area contributed by atoms with Crippen molar-refractivity contribution in [3.8, 4) is 11.5 Å². The molecule has 1 atom stereocenters. The van der Waals surface area contributed by atoms with Gasteiger partial charge in [-0.2, -0.15) is 0 Å². The summed E-state index contributed by atoms with van der Waals surface area (Å²) in [6.07, 6.45) is 0.814. The highest BCUT2D eigenvalue weighted by molar-refractivity contribution is 7.15. The molecule has 1 aliphatic heterocycles. The largest absolute Gasteiger partial charge is 0.454 e. The molecule has 1 aromatic heterocycles. The Labute approximate surface area is 184 Å². The van der Waals surface area contributed by atoms with Gasteiger partial charge in [-0.05, 0) is 30.2 Å². The molecule has 0 bridgehead atoms. The average Bonchev–Trinajstić information content (AvgIpc) is 3.33. The molecule has 0 spiro atoms. The van der Waals surface area contributed by atoms with Crippen molar-refractivity contribution in [1.29, 1.82) is 0 Å². The maximum absolute atomic E-state index is 12.7. The van der Waals surface area contributed by atoms with Gasteiger partial charge in [-0.25, -0.2) is 4.98 Å². The highest BCUT2D eigenvalue weighted by atomic mass is 32.1. The minimum atomic E-state index is -0.395. The van der Waals surface area contributed by atoms with Crippen LogP contribution in [0.25, 0.3) is 0 Å². The minimum Gasteiger partial charge on any atom is -0.454 e. The number of aryl methyl sites for hydroxylation is 1. The fraction of sp³-hybridized carbons (Fsp3) is 0.261. The zero-order valence-electron chi connectivity index (χ0n) is 17.3. The third-order valence-corrected chi connectivity index (χ3v) is 5.98. The molecule has 31 heavy (non-hydrogen) atoms. The number of rotatable bonds is 7. The smallest absolute Gasteiger partial charge is 0.231 e. The van der Waals surface area contributed by atoms with E-state index in [-0.39, 0.29) is 25.0 Å². The molecule has 8 heteroatoms. The number of fused-ring (bicyclic) bond motifs is 1. The van der Waals surface area contributed by atoms with E-state index in [2.05, 4.69) is 15.6 Å². The van der Waals surface area contributed by atoms with E-state index in [4.69, 9.17) is 9.47 Å². The Morgan fingerprint density at radius 2 is 1.90 bits per heavy atom. The first kappa shape index (κ1) is 20.9. The van der Waals surface area contributed by atoms with Crippen molar-refractivity contribution in [2.24, 2.45) is 0 Å². The Balaban J connectivity index is 1.42. The summed E-state index contributed by atoms with van der Waals surface area (Å²) < 4.78 is 10.8. The second-order valence-corrected chi connectivity index (χ2v) is 8.39. The van der Waals surface area contributed by atoms with Gasteiger partial charge in [-0.15, -0.1) is 11.3 Å². The Kier molecular flexibility index (Phi) is 6.18. The van der Waals surface area contributed by atoms with Crippen LogP contribution in [0.3, 0.4) is 0 Å². The number of thiazole rings is 1. The fourth-order valence-corrected chi connectivity index (χ4v) is 4.43. The van der Waals surface area contributed by atoms with Gasteiger partial charge >= 0.3 is 0 Å². The molecular weight excluding hydrogens is 414 g/mol. The lowest BCUT2D eigenvalue weighted by Crippen LogP contribution is -2.29. The summed E-state index contributed by atoms with van der Waals surface area (Å²) in [7, 11) is 0. The van der Waals surface area contributed by atoms with Gasteiger partial charge in [-0.3, -0.25) is 9.59 Å². The zero-order valence-corrected chi connectivity index (χ0v) is 18.1. The molecule has 2 heterocycles. The van der Waals surface area contributed by atoms with Crippen LogP contribution in [-0.2, 0) is 16.0 Å². The molecule has 2 N–H and O–H groups in total. The number of nitrogens with one attached hydrogen (secondary N) is 2. The van der Waals surface area contributed by atoms with Crippen molar-refractivity contribution in [2.45, 2.75) is 32.7 Å². The highest BCUT2D eigenvalue weighted by Crippen LogP contribution is 2.34. The van der Waals surface area contributed by atoms with Crippen LogP contribution in [0.5, 0.6) is 11.5 Å². The maximum Gasteiger partial charge on any atom is 0.231 e. The van der Waals surface area contributed by atoms with Crippen LogP contribution >= 0.6 is 11.3 Å². The quantitative estimate of drug-likeness (QED) is 0.584. The van der Waals surface area contributed by atoms with Crippen LogP contribution in [0.15, 0.2) is 48.5 Å². The summed E-state index contributed by atoms with van der Waals surface area (Å²) >= 11 is 1.45. The Bertz CT molecular complexity index is 1100. The predicted molar refractivity (Wildman–Crippen MR) is 118 cm³/mol. The number of ether oxygens (including phenoxy) is 2. The van der Waals surface area contributed by atoms with Crippen LogP contribution in [0.2, 0.25) is 0 Å². The van der Waals surface area contributed by atoms with Gasteiger partial charge in [0.15, 0.2) is 16.6 Å². The molecule has 2 aromatic carbocycles. The van der Waals surface area contributed by atoms with Crippen LogP contribution < -0.4 is 20.1 Å². The van der Waals surface area contributed by atoms with Crippen LogP contribution in [0.4, 0.5) is 5.13 Å². The summed E-state index contributed by atoms with van der Waals surface area (Å²) in [5.74, 6) is 1.12. The number of carbonyl (C=O) groups excluding carboxylic acids is 2. The highest BCUT2D eigenvalue weighted by Gasteiger charge is 2.19. The van der Waals surface area contributed by atoms with Gasteiger partial charge in [0.25, 0.3) is 0 Å². The van der Waals surface area contributed by atoms with Crippen molar-refractivity contribution >= 4 is 28.3 Å². The summed E-state index contributed by atoms with van der Waals surface area (Å²) in [6, 6.07) is 14.9. The van der Waals surface area contributed by atoms with Crippen molar-refractivity contribution in [1.82, 2.24) is 10.3 Å². The van der Waals surface area contributed by atoms with E-state index in [1.807, 2.05) is 55.5 Å². The number of aromatic nitrogens is 1. The van der Waals surface area contributed by atoms with Gasteiger partial charge in [0.05, 0.1) is 18.2 Å². The molecule has 1 unspecified atom stereocenters. The normalized spacial score (nSPS) is 13.0. The summed E-state index contributed by atoms with van der Waals surface area (Å²) in [4.78, 5) is 29.8. The average molecular weight is 438 g/mol. The molecule has 160 valence electrons. The molecular formula is C23H23N3O4S. The number of anilines is 1. The number of nitrogens with zero attached hydrogens (tertiary/aromatic N) is 1. The zero-order chi connectivity index (χ0) is 21.8. The van der Waals surface area contributed by atoms with E-state index < -0.39 is 6.04 Å². The topological polar surface area (TPSA) is 89.6 Å². The molecule has 4 rings (SSSR count). The molecule has 0 saturated heterocycles. The first-order valence-electron chi connectivity index (χ1n) is 9.94. The molecule has 0 radical (unpaired) electrons. The van der Waals surface area contributed by atoms with Gasteiger partial charge in [0.1, 0.15) is 0 Å². The molecule has 1 aliphatic rings. The lowest BCUT2D eigenvalue weighted by molar-refractivity contribution is -0.120. The number of amides is 2. The van der Waals surface area contributed by atoms with E-state index in [9.17, 15) is 9.59 Å².